The third kappa shape index (κ3) is 4.34. The van der Waals surface area contributed by atoms with Gasteiger partial charge in [0.2, 0.25) is 18.6 Å². The number of ether oxygens (including phenoxy) is 2. The Hall–Kier alpha value is -3.86. The number of nitrogens with two attached hydrogens (primary N) is 1. The van der Waals surface area contributed by atoms with Crippen molar-refractivity contribution in [2.75, 3.05) is 12.5 Å². The van der Waals surface area contributed by atoms with Crippen molar-refractivity contribution in [3.05, 3.63) is 53.6 Å². The maximum atomic E-state index is 12.8. The highest BCUT2D eigenvalue weighted by atomic mass is 32.2. The number of fused-ring (bicyclic) bond motifs is 4. The summed E-state index contributed by atoms with van der Waals surface area (Å²) in [6.07, 6.45) is 0.368. The van der Waals surface area contributed by atoms with E-state index in [2.05, 4.69) is 15.3 Å². The number of nitrogens with zero attached hydrogens (tertiary/aromatic N) is 3. The summed E-state index contributed by atoms with van der Waals surface area (Å²) in [5, 5.41) is 3.33. The van der Waals surface area contributed by atoms with Crippen molar-refractivity contribution in [3.63, 3.8) is 0 Å². The van der Waals surface area contributed by atoms with Gasteiger partial charge in [-0.15, -0.1) is 0 Å². The monoisotopic (exact) mass is 479 g/mol. The van der Waals surface area contributed by atoms with Gasteiger partial charge in [0.15, 0.2) is 16.7 Å². The van der Waals surface area contributed by atoms with Crippen LogP contribution in [0, 0.1) is 0 Å². The molecule has 11 heteroatoms. The average molecular weight is 480 g/mol. The highest BCUT2D eigenvalue weighted by Crippen LogP contribution is 2.35. The number of amidine groups is 2. The van der Waals surface area contributed by atoms with E-state index in [9.17, 15) is 14.4 Å². The summed E-state index contributed by atoms with van der Waals surface area (Å²) in [4.78, 5) is 47.3. The molecular formula is C23H21N5O5S. The molecule has 0 saturated heterocycles. The lowest BCUT2D eigenvalue weighted by Gasteiger charge is -2.30. The number of para-hydroxylation sites is 1. The molecule has 1 unspecified atom stereocenters. The third-order valence-electron chi connectivity index (χ3n) is 5.52. The van der Waals surface area contributed by atoms with Crippen LogP contribution in [0.3, 0.4) is 0 Å². The molecule has 3 heterocycles. The SMILES string of the molecule is NC(=O)CSC1=Nc2ccccc2C2=NC(=O)C(CCC(=O)NCc3ccc4c(c3)OCO4)N12. The van der Waals surface area contributed by atoms with Crippen molar-refractivity contribution in [2.24, 2.45) is 15.7 Å². The highest BCUT2D eigenvalue weighted by molar-refractivity contribution is 8.14. The van der Waals surface area contributed by atoms with E-state index >= 15 is 0 Å². The van der Waals surface area contributed by atoms with Crippen molar-refractivity contribution in [1.82, 2.24) is 10.2 Å². The van der Waals surface area contributed by atoms with Crippen LogP contribution in [0.5, 0.6) is 11.5 Å². The smallest absolute Gasteiger partial charge is 0.270 e. The molecule has 0 fully saturated rings. The lowest BCUT2D eigenvalue weighted by Crippen LogP contribution is -2.44. The largest absolute Gasteiger partial charge is 0.454 e. The Bertz CT molecular complexity index is 1240. The van der Waals surface area contributed by atoms with Crippen LogP contribution < -0.4 is 20.5 Å². The maximum absolute atomic E-state index is 12.8. The molecule has 0 radical (unpaired) electrons. The first-order valence-corrected chi connectivity index (χ1v) is 11.6. The van der Waals surface area contributed by atoms with Crippen molar-refractivity contribution in [1.29, 1.82) is 0 Å². The number of benzene rings is 2. The van der Waals surface area contributed by atoms with Crippen LogP contribution in [0.1, 0.15) is 24.0 Å². The van der Waals surface area contributed by atoms with Gasteiger partial charge >= 0.3 is 0 Å². The number of primary amides is 1. The third-order valence-corrected chi connectivity index (χ3v) is 6.50. The second-order valence-electron chi connectivity index (χ2n) is 7.83. The molecule has 3 aliphatic rings. The number of aliphatic imine (C=N–C) groups is 2. The summed E-state index contributed by atoms with van der Waals surface area (Å²) >= 11 is 1.15. The normalized spacial score (nSPS) is 17.6. The van der Waals surface area contributed by atoms with Gasteiger partial charge in [-0.3, -0.25) is 19.3 Å². The molecule has 0 spiro atoms. The molecule has 0 bridgehead atoms. The van der Waals surface area contributed by atoms with Gasteiger partial charge in [0.05, 0.1) is 11.4 Å². The molecule has 5 rings (SSSR count). The summed E-state index contributed by atoms with van der Waals surface area (Å²) in [7, 11) is 0. The number of carbonyl (C=O) groups excluding carboxylic acids is 3. The highest BCUT2D eigenvalue weighted by Gasteiger charge is 2.41. The minimum atomic E-state index is -0.682. The molecule has 34 heavy (non-hydrogen) atoms. The minimum absolute atomic E-state index is 0.0156. The van der Waals surface area contributed by atoms with Crippen LogP contribution in [0.15, 0.2) is 52.4 Å². The number of rotatable bonds is 7. The fraction of sp³-hybridized carbons (Fsp3) is 0.261. The number of carbonyl (C=O) groups is 3. The van der Waals surface area contributed by atoms with Crippen LogP contribution in [0.25, 0.3) is 0 Å². The first-order chi connectivity index (χ1) is 16.5. The second-order valence-corrected chi connectivity index (χ2v) is 8.77. The fourth-order valence-corrected chi connectivity index (χ4v) is 4.71. The Morgan fingerprint density at radius 2 is 1.97 bits per heavy atom. The quantitative estimate of drug-likeness (QED) is 0.617. The van der Waals surface area contributed by atoms with Gasteiger partial charge in [-0.2, -0.15) is 4.99 Å². The lowest BCUT2D eigenvalue weighted by atomic mass is 10.1. The van der Waals surface area contributed by atoms with E-state index in [1.807, 2.05) is 36.4 Å². The molecule has 1 atom stereocenters. The van der Waals surface area contributed by atoms with Gasteiger partial charge in [-0.1, -0.05) is 30.0 Å². The molecule has 10 nitrogen and oxygen atoms in total. The molecule has 3 amide bonds. The van der Waals surface area contributed by atoms with Crippen LogP contribution in [0.4, 0.5) is 5.69 Å². The fourth-order valence-electron chi connectivity index (χ4n) is 3.92. The number of amides is 3. The van der Waals surface area contributed by atoms with E-state index in [-0.39, 0.29) is 37.2 Å². The predicted molar refractivity (Wildman–Crippen MR) is 126 cm³/mol. The molecule has 0 aliphatic carbocycles. The molecule has 0 aromatic heterocycles. The Kier molecular flexibility index (Phi) is 5.93. The molecular weight excluding hydrogens is 458 g/mol. The summed E-state index contributed by atoms with van der Waals surface area (Å²) in [6.45, 7) is 0.517. The first kappa shape index (κ1) is 22.0. The summed E-state index contributed by atoms with van der Waals surface area (Å²) < 4.78 is 10.7. The zero-order valence-corrected chi connectivity index (χ0v) is 18.8. The Morgan fingerprint density at radius 1 is 1.15 bits per heavy atom. The molecule has 3 aliphatic heterocycles. The van der Waals surface area contributed by atoms with E-state index in [4.69, 9.17) is 15.2 Å². The molecule has 0 saturated carbocycles. The van der Waals surface area contributed by atoms with Crippen molar-refractivity contribution in [2.45, 2.75) is 25.4 Å². The second kappa shape index (κ2) is 9.18. The van der Waals surface area contributed by atoms with Gasteiger partial charge in [-0.05, 0) is 36.2 Å². The number of thioether (sulfide) groups is 1. The van der Waals surface area contributed by atoms with Crippen LogP contribution in [-0.2, 0) is 20.9 Å². The predicted octanol–water partition coefficient (Wildman–Crippen LogP) is 1.69. The summed E-state index contributed by atoms with van der Waals surface area (Å²) in [5.41, 5.74) is 7.59. The van der Waals surface area contributed by atoms with Crippen LogP contribution in [0.2, 0.25) is 0 Å². The lowest BCUT2D eigenvalue weighted by molar-refractivity contribution is -0.122. The first-order valence-electron chi connectivity index (χ1n) is 10.7. The molecule has 3 N–H and O–H groups in total. The topological polar surface area (TPSA) is 136 Å². The van der Waals surface area contributed by atoms with E-state index in [1.54, 1.807) is 11.0 Å². The summed E-state index contributed by atoms with van der Waals surface area (Å²) in [6, 6.07) is 12.2. The van der Waals surface area contributed by atoms with Crippen molar-refractivity contribution < 1.29 is 23.9 Å². The van der Waals surface area contributed by atoms with Crippen LogP contribution >= 0.6 is 11.8 Å². The maximum Gasteiger partial charge on any atom is 0.270 e. The van der Waals surface area contributed by atoms with Gasteiger partial charge < -0.3 is 20.5 Å². The minimum Gasteiger partial charge on any atom is -0.454 e. The Labute approximate surface area is 199 Å². The zero-order chi connectivity index (χ0) is 23.7. The average Bonchev–Trinajstić information content (AvgIpc) is 3.43. The van der Waals surface area contributed by atoms with Crippen molar-refractivity contribution in [3.8, 4) is 11.5 Å². The van der Waals surface area contributed by atoms with Gasteiger partial charge in [0, 0.05) is 18.5 Å². The van der Waals surface area contributed by atoms with E-state index in [0.717, 1.165) is 22.9 Å². The van der Waals surface area contributed by atoms with E-state index < -0.39 is 11.9 Å². The number of hydrogen-bond donors (Lipinski definition) is 2. The van der Waals surface area contributed by atoms with Gasteiger partial charge in [0.1, 0.15) is 11.9 Å². The standard InChI is InChI=1S/C23H21N5O5S/c24-19(29)11-34-23-26-15-4-2-1-3-14(15)21-27-22(31)16(28(21)23)6-8-20(30)25-10-13-5-7-17-18(9-13)33-12-32-17/h1-5,7,9,16H,6,8,10-12H2,(H2,24,29)(H,25,30). The van der Waals surface area contributed by atoms with E-state index in [0.29, 0.717) is 34.7 Å². The Morgan fingerprint density at radius 3 is 2.82 bits per heavy atom. The van der Waals surface area contributed by atoms with Gasteiger partial charge in [-0.25, -0.2) is 4.99 Å². The molecule has 2 aromatic carbocycles. The molecule has 2 aromatic rings. The molecule has 174 valence electrons. The summed E-state index contributed by atoms with van der Waals surface area (Å²) in [5.74, 6) is 0.798. The van der Waals surface area contributed by atoms with E-state index in [1.165, 1.54) is 0 Å². The number of nitrogens with one attached hydrogen (secondary N) is 1. The Balaban J connectivity index is 1.25. The van der Waals surface area contributed by atoms with Crippen LogP contribution in [-0.4, -0.2) is 52.2 Å². The zero-order valence-electron chi connectivity index (χ0n) is 18.0. The number of hydrogen-bond acceptors (Lipinski definition) is 8. The van der Waals surface area contributed by atoms with Gasteiger partial charge in [0.25, 0.3) is 5.91 Å². The van der Waals surface area contributed by atoms with Crippen molar-refractivity contribution >= 4 is 46.2 Å².